The summed E-state index contributed by atoms with van der Waals surface area (Å²) in [5, 5.41) is 8.90. The van der Waals surface area contributed by atoms with Crippen LogP contribution in [0.1, 0.15) is 10.5 Å². The van der Waals surface area contributed by atoms with Gasteiger partial charge in [0.15, 0.2) is 5.69 Å². The van der Waals surface area contributed by atoms with Gasteiger partial charge in [0.1, 0.15) is 5.75 Å². The number of pyridine rings is 1. The number of anilines is 1. The zero-order valence-electron chi connectivity index (χ0n) is 6.44. The molecule has 1 aromatic heterocycles. The quantitative estimate of drug-likeness (QED) is 0.583. The Hall–Kier alpha value is -1.78. The molecule has 0 aromatic carbocycles. The molecule has 1 aromatic rings. The van der Waals surface area contributed by atoms with Crippen molar-refractivity contribution >= 4 is 11.7 Å². The van der Waals surface area contributed by atoms with E-state index in [0.717, 1.165) is 6.20 Å². The van der Waals surface area contributed by atoms with Crippen LogP contribution in [0.25, 0.3) is 0 Å². The molecule has 12 heavy (non-hydrogen) atoms. The molecular formula is C7H8N2O3. The Balaban J connectivity index is 3.09. The average molecular weight is 168 g/mol. The number of aromatic nitrogens is 1. The third kappa shape index (κ3) is 1.45. The van der Waals surface area contributed by atoms with E-state index in [4.69, 9.17) is 10.8 Å². The molecule has 0 aliphatic heterocycles. The van der Waals surface area contributed by atoms with Crippen molar-refractivity contribution in [3.05, 3.63) is 18.0 Å². The van der Waals surface area contributed by atoms with Gasteiger partial charge in [0.25, 0.3) is 0 Å². The van der Waals surface area contributed by atoms with E-state index in [-0.39, 0.29) is 17.1 Å². The monoisotopic (exact) mass is 168 g/mol. The summed E-state index contributed by atoms with van der Waals surface area (Å²) in [6.45, 7) is 0. The third-order valence-electron chi connectivity index (χ3n) is 1.28. The number of nitrogens with zero attached hydrogens (tertiary/aromatic N) is 1. The van der Waals surface area contributed by atoms with Crippen LogP contribution in [0.5, 0.6) is 5.75 Å². The topological polar surface area (TPSA) is 85.4 Å². The van der Waals surface area contributed by atoms with E-state index in [1.54, 1.807) is 0 Å². The van der Waals surface area contributed by atoms with Gasteiger partial charge in [-0.05, 0) is 0 Å². The second-order valence-corrected chi connectivity index (χ2v) is 2.12. The Morgan fingerprint density at radius 2 is 2.42 bits per heavy atom. The van der Waals surface area contributed by atoms with Crippen molar-refractivity contribution in [2.45, 2.75) is 0 Å². The molecule has 0 amide bonds. The Labute approximate surface area is 68.8 Å². The van der Waals surface area contributed by atoms with Crippen LogP contribution < -0.4 is 5.73 Å². The number of rotatable bonds is 1. The van der Waals surface area contributed by atoms with Crippen molar-refractivity contribution in [3.8, 4) is 5.75 Å². The summed E-state index contributed by atoms with van der Waals surface area (Å²) in [4.78, 5) is 14.5. The number of methoxy groups -OCH3 is 1. The minimum Gasteiger partial charge on any atom is -0.506 e. The molecular weight excluding hydrogens is 160 g/mol. The third-order valence-corrected chi connectivity index (χ3v) is 1.28. The van der Waals surface area contributed by atoms with Crippen LogP contribution in [0.4, 0.5) is 5.69 Å². The van der Waals surface area contributed by atoms with Gasteiger partial charge in [-0.1, -0.05) is 0 Å². The molecule has 0 radical (unpaired) electrons. The molecule has 0 unspecified atom stereocenters. The molecule has 64 valence electrons. The molecule has 0 bridgehead atoms. The van der Waals surface area contributed by atoms with Crippen LogP contribution in [0.15, 0.2) is 12.3 Å². The first kappa shape index (κ1) is 8.32. The predicted molar refractivity (Wildman–Crippen MR) is 41.7 cm³/mol. The lowest BCUT2D eigenvalue weighted by Gasteiger charge is -2.01. The lowest BCUT2D eigenvalue weighted by atomic mass is 10.3. The first-order valence-electron chi connectivity index (χ1n) is 3.18. The number of hydrogen-bond acceptors (Lipinski definition) is 5. The lowest BCUT2D eigenvalue weighted by Crippen LogP contribution is -2.07. The summed E-state index contributed by atoms with van der Waals surface area (Å²) in [7, 11) is 1.23. The Morgan fingerprint density at radius 1 is 1.75 bits per heavy atom. The summed E-state index contributed by atoms with van der Waals surface area (Å²) in [6, 6.07) is 1.24. The first-order valence-corrected chi connectivity index (χ1v) is 3.18. The molecule has 3 N–H and O–H groups in total. The normalized spacial score (nSPS) is 9.42. The molecule has 5 nitrogen and oxygen atoms in total. The molecule has 0 atom stereocenters. The van der Waals surface area contributed by atoms with E-state index in [1.165, 1.54) is 13.2 Å². The average Bonchev–Trinajstić information content (AvgIpc) is 2.03. The van der Waals surface area contributed by atoms with Gasteiger partial charge in [0.2, 0.25) is 0 Å². The number of aromatic hydroxyl groups is 1. The zero-order chi connectivity index (χ0) is 9.14. The summed E-state index contributed by atoms with van der Waals surface area (Å²) in [5.74, 6) is -0.701. The van der Waals surface area contributed by atoms with Gasteiger partial charge >= 0.3 is 5.97 Å². The van der Waals surface area contributed by atoms with E-state index >= 15 is 0 Å². The van der Waals surface area contributed by atoms with E-state index in [1.807, 2.05) is 0 Å². The van der Waals surface area contributed by atoms with E-state index in [2.05, 4.69) is 9.72 Å². The van der Waals surface area contributed by atoms with Crippen LogP contribution >= 0.6 is 0 Å². The number of carbonyl (C=O) groups is 1. The summed E-state index contributed by atoms with van der Waals surface area (Å²) in [5.41, 5.74) is 5.48. The predicted octanol–water partition coefficient (Wildman–Crippen LogP) is 0.156. The van der Waals surface area contributed by atoms with E-state index < -0.39 is 5.97 Å². The Bertz CT molecular complexity index is 312. The van der Waals surface area contributed by atoms with Gasteiger partial charge in [0.05, 0.1) is 19.0 Å². The van der Waals surface area contributed by atoms with Crippen LogP contribution in [-0.2, 0) is 4.74 Å². The lowest BCUT2D eigenvalue weighted by molar-refractivity contribution is 0.0595. The number of esters is 1. The van der Waals surface area contributed by atoms with Crippen molar-refractivity contribution < 1.29 is 14.6 Å². The maximum atomic E-state index is 10.9. The van der Waals surface area contributed by atoms with Crippen LogP contribution in [0, 0.1) is 0 Å². The maximum absolute atomic E-state index is 10.9. The highest BCUT2D eigenvalue weighted by Crippen LogP contribution is 2.15. The number of nitrogens with two attached hydrogens (primary N) is 1. The van der Waals surface area contributed by atoms with Gasteiger partial charge < -0.3 is 15.6 Å². The molecule has 0 fully saturated rings. The molecule has 0 saturated heterocycles. The second-order valence-electron chi connectivity index (χ2n) is 2.12. The first-order chi connectivity index (χ1) is 5.65. The molecule has 0 spiro atoms. The maximum Gasteiger partial charge on any atom is 0.358 e. The van der Waals surface area contributed by atoms with Crippen LogP contribution in [0.2, 0.25) is 0 Å². The van der Waals surface area contributed by atoms with Gasteiger partial charge in [-0.25, -0.2) is 9.78 Å². The number of ether oxygens (including phenoxy) is 1. The fourth-order valence-corrected chi connectivity index (χ4v) is 0.737. The Kier molecular flexibility index (Phi) is 2.14. The van der Waals surface area contributed by atoms with E-state index in [9.17, 15) is 4.79 Å². The van der Waals surface area contributed by atoms with Crippen molar-refractivity contribution in [2.24, 2.45) is 0 Å². The molecule has 0 saturated carbocycles. The highest BCUT2D eigenvalue weighted by molar-refractivity contribution is 5.92. The number of hydrogen-bond donors (Lipinski definition) is 2. The smallest absolute Gasteiger partial charge is 0.358 e. The van der Waals surface area contributed by atoms with Crippen molar-refractivity contribution in [3.63, 3.8) is 0 Å². The van der Waals surface area contributed by atoms with Gasteiger partial charge in [-0.3, -0.25) is 0 Å². The van der Waals surface area contributed by atoms with Gasteiger partial charge in [-0.15, -0.1) is 0 Å². The van der Waals surface area contributed by atoms with Crippen LogP contribution in [-0.4, -0.2) is 23.2 Å². The summed E-state index contributed by atoms with van der Waals surface area (Å²) < 4.78 is 4.39. The van der Waals surface area contributed by atoms with E-state index in [0.29, 0.717) is 0 Å². The number of carbonyl (C=O) groups excluding carboxylic acids is 1. The fraction of sp³-hybridized carbons (Fsp3) is 0.143. The minimum absolute atomic E-state index is 0.00954. The molecule has 0 aliphatic rings. The standard InChI is InChI=1S/C7H8N2O3/c1-12-7(11)6-5(8)2-4(10)3-9-6/h2-3,10H,8H2,1H3. The molecule has 0 aliphatic carbocycles. The minimum atomic E-state index is -0.618. The summed E-state index contributed by atoms with van der Waals surface area (Å²) >= 11 is 0. The van der Waals surface area contributed by atoms with Crippen LogP contribution in [0.3, 0.4) is 0 Å². The van der Waals surface area contributed by atoms with Crippen molar-refractivity contribution in [2.75, 3.05) is 12.8 Å². The Morgan fingerprint density at radius 3 is 2.92 bits per heavy atom. The SMILES string of the molecule is COC(=O)c1ncc(O)cc1N. The largest absolute Gasteiger partial charge is 0.506 e. The van der Waals surface area contributed by atoms with Gasteiger partial charge in [-0.2, -0.15) is 0 Å². The highest BCUT2D eigenvalue weighted by Gasteiger charge is 2.11. The van der Waals surface area contributed by atoms with Gasteiger partial charge in [0, 0.05) is 6.07 Å². The highest BCUT2D eigenvalue weighted by atomic mass is 16.5. The molecule has 5 heteroatoms. The number of nitrogen functional groups attached to an aromatic ring is 1. The van der Waals surface area contributed by atoms with Crippen molar-refractivity contribution in [1.82, 2.24) is 4.98 Å². The molecule has 1 heterocycles. The fourth-order valence-electron chi connectivity index (χ4n) is 0.737. The molecule has 1 rings (SSSR count). The van der Waals surface area contributed by atoms with Crippen molar-refractivity contribution in [1.29, 1.82) is 0 Å². The summed E-state index contributed by atoms with van der Waals surface area (Å²) in [6.07, 6.45) is 1.13. The second kappa shape index (κ2) is 3.08. The zero-order valence-corrected chi connectivity index (χ0v) is 6.44.